The number of sulfonamides is 1. The molecule has 0 spiro atoms. The van der Waals surface area contributed by atoms with Gasteiger partial charge in [0.05, 0.1) is 11.9 Å². The van der Waals surface area contributed by atoms with E-state index in [2.05, 4.69) is 0 Å². The molecule has 0 N–H and O–H groups in total. The van der Waals surface area contributed by atoms with Gasteiger partial charge in [0.1, 0.15) is 0 Å². The molecular weight excluding hydrogens is 396 g/mol. The van der Waals surface area contributed by atoms with Crippen LogP contribution >= 0.6 is 11.6 Å². The van der Waals surface area contributed by atoms with Crippen molar-refractivity contribution >= 4 is 38.9 Å². The van der Waals surface area contributed by atoms with E-state index >= 15 is 0 Å². The van der Waals surface area contributed by atoms with Gasteiger partial charge < -0.3 is 4.90 Å². The van der Waals surface area contributed by atoms with Gasteiger partial charge >= 0.3 is 0 Å². The maximum atomic E-state index is 12.8. The first-order chi connectivity index (χ1) is 13.2. The third-order valence-corrected chi connectivity index (χ3v) is 6.73. The average molecular weight is 421 g/mol. The van der Waals surface area contributed by atoms with E-state index in [9.17, 15) is 13.2 Å². The molecule has 0 aromatic heterocycles. The Morgan fingerprint density at radius 3 is 2.64 bits per heavy atom. The van der Waals surface area contributed by atoms with Crippen LogP contribution in [0.5, 0.6) is 0 Å². The van der Waals surface area contributed by atoms with Crippen LogP contribution in [0.15, 0.2) is 42.5 Å². The van der Waals surface area contributed by atoms with Gasteiger partial charge in [0.25, 0.3) is 0 Å². The van der Waals surface area contributed by atoms with Gasteiger partial charge in [0.15, 0.2) is 0 Å². The molecule has 0 bridgehead atoms. The maximum absolute atomic E-state index is 12.8. The Bertz CT molecular complexity index is 991. The zero-order valence-corrected chi connectivity index (χ0v) is 17.9. The van der Waals surface area contributed by atoms with Gasteiger partial charge in [0, 0.05) is 29.7 Å². The number of para-hydroxylation sites is 1. The number of carbonyl (C=O) groups is 1. The number of rotatable bonds is 6. The van der Waals surface area contributed by atoms with E-state index < -0.39 is 10.0 Å². The van der Waals surface area contributed by atoms with E-state index in [1.54, 1.807) is 25.1 Å². The number of halogens is 1. The van der Waals surface area contributed by atoms with Crippen LogP contribution in [0.4, 0.5) is 11.4 Å². The van der Waals surface area contributed by atoms with Crippen molar-refractivity contribution < 1.29 is 13.2 Å². The van der Waals surface area contributed by atoms with E-state index in [1.807, 2.05) is 36.1 Å². The highest BCUT2D eigenvalue weighted by molar-refractivity contribution is 7.92. The first kappa shape index (κ1) is 20.7. The zero-order valence-electron chi connectivity index (χ0n) is 16.4. The molecule has 1 amide bonds. The molecule has 0 aliphatic carbocycles. The third-order valence-electron chi connectivity index (χ3n) is 5.14. The van der Waals surface area contributed by atoms with Gasteiger partial charge in [0.2, 0.25) is 15.9 Å². The molecule has 0 fully saturated rings. The summed E-state index contributed by atoms with van der Waals surface area (Å²) in [7, 11) is -3.48. The quantitative estimate of drug-likeness (QED) is 0.704. The van der Waals surface area contributed by atoms with Crippen LogP contribution in [0.1, 0.15) is 30.9 Å². The predicted molar refractivity (Wildman–Crippen MR) is 115 cm³/mol. The molecule has 2 aromatic rings. The van der Waals surface area contributed by atoms with Crippen molar-refractivity contribution in [2.24, 2.45) is 0 Å². The van der Waals surface area contributed by atoms with Gasteiger partial charge in [-0.2, -0.15) is 0 Å². The number of carbonyl (C=O) groups excluding carboxylic acids is 1. The van der Waals surface area contributed by atoms with E-state index in [1.165, 1.54) is 16.1 Å². The molecule has 0 saturated carbocycles. The van der Waals surface area contributed by atoms with Gasteiger partial charge in [-0.05, 0) is 56.0 Å². The molecule has 1 atom stereocenters. The monoisotopic (exact) mass is 420 g/mol. The van der Waals surface area contributed by atoms with Crippen LogP contribution in [-0.2, 0) is 21.2 Å². The number of hydrogen-bond acceptors (Lipinski definition) is 3. The minimum atomic E-state index is -3.48. The van der Waals surface area contributed by atoms with E-state index in [0.717, 1.165) is 12.1 Å². The van der Waals surface area contributed by atoms with Crippen molar-refractivity contribution in [3.63, 3.8) is 0 Å². The summed E-state index contributed by atoms with van der Waals surface area (Å²) in [6, 6.07) is 13.3. The summed E-state index contributed by atoms with van der Waals surface area (Å²) >= 11 is 6.16. The largest absolute Gasteiger partial charge is 0.309 e. The summed E-state index contributed by atoms with van der Waals surface area (Å²) in [5, 5.41) is 0.518. The first-order valence-corrected chi connectivity index (χ1v) is 11.6. The summed E-state index contributed by atoms with van der Waals surface area (Å²) in [4.78, 5) is 14.7. The minimum Gasteiger partial charge on any atom is -0.309 e. The van der Waals surface area contributed by atoms with Crippen LogP contribution in [0.25, 0.3) is 0 Å². The summed E-state index contributed by atoms with van der Waals surface area (Å²) in [6.45, 7) is 4.06. The molecule has 0 unspecified atom stereocenters. The van der Waals surface area contributed by atoms with Gasteiger partial charge in [-0.15, -0.1) is 0 Å². The van der Waals surface area contributed by atoms with Crippen LogP contribution in [0, 0.1) is 6.92 Å². The Morgan fingerprint density at radius 2 is 1.93 bits per heavy atom. The topological polar surface area (TPSA) is 57.7 Å². The van der Waals surface area contributed by atoms with E-state index in [-0.39, 0.29) is 24.9 Å². The Balaban J connectivity index is 1.72. The van der Waals surface area contributed by atoms with Gasteiger partial charge in [-0.25, -0.2) is 8.42 Å². The van der Waals surface area contributed by atoms with Crippen molar-refractivity contribution in [2.75, 3.05) is 22.0 Å². The fourth-order valence-electron chi connectivity index (χ4n) is 3.77. The normalized spacial score (nSPS) is 16.1. The van der Waals surface area contributed by atoms with Crippen LogP contribution in [-0.4, -0.2) is 33.2 Å². The molecule has 1 aliphatic heterocycles. The summed E-state index contributed by atoms with van der Waals surface area (Å²) < 4.78 is 26.0. The number of nitrogens with zero attached hydrogens (tertiary/aromatic N) is 2. The average Bonchev–Trinajstić information content (AvgIpc) is 2.96. The second-order valence-corrected chi connectivity index (χ2v) is 9.58. The third kappa shape index (κ3) is 4.18. The van der Waals surface area contributed by atoms with Crippen LogP contribution in [0.3, 0.4) is 0 Å². The number of anilines is 2. The molecule has 2 aromatic carbocycles. The molecule has 28 heavy (non-hydrogen) atoms. The second kappa shape index (κ2) is 8.13. The lowest BCUT2D eigenvalue weighted by Crippen LogP contribution is -2.37. The predicted octanol–water partition coefficient (Wildman–Crippen LogP) is 4.17. The first-order valence-electron chi connectivity index (χ1n) is 9.33. The molecule has 0 radical (unpaired) electrons. The molecule has 0 saturated heterocycles. The fraction of sp³-hybridized carbons (Fsp3) is 0.381. The number of hydrogen-bond donors (Lipinski definition) is 0. The maximum Gasteiger partial charge on any atom is 0.232 e. The van der Waals surface area contributed by atoms with Crippen molar-refractivity contribution in [3.05, 3.63) is 58.6 Å². The summed E-state index contributed by atoms with van der Waals surface area (Å²) in [5.41, 5.74) is 3.41. The second-order valence-electron chi connectivity index (χ2n) is 7.27. The zero-order chi connectivity index (χ0) is 20.5. The number of amides is 1. The van der Waals surface area contributed by atoms with Gasteiger partial charge in [-0.3, -0.25) is 9.10 Å². The molecule has 150 valence electrons. The molecule has 5 nitrogen and oxygen atoms in total. The van der Waals surface area contributed by atoms with Crippen molar-refractivity contribution in [2.45, 2.75) is 39.2 Å². The van der Waals surface area contributed by atoms with Crippen molar-refractivity contribution in [1.82, 2.24) is 0 Å². The lowest BCUT2D eigenvalue weighted by molar-refractivity contribution is -0.118. The molecule has 7 heteroatoms. The van der Waals surface area contributed by atoms with Gasteiger partial charge in [-0.1, -0.05) is 35.9 Å². The standard InChI is InChI=1S/C21H25ClN2O3S/c1-15-14-17-8-4-5-10-20(17)24(15)21(25)12-7-13-23(28(3,26)27)19-11-6-9-18(22)16(19)2/h4-6,8-11,15H,7,12-14H2,1-3H3/t15-/m1/s1. The Labute approximate surface area is 172 Å². The highest BCUT2D eigenvalue weighted by Crippen LogP contribution is 2.33. The summed E-state index contributed by atoms with van der Waals surface area (Å²) in [6.07, 6.45) is 2.74. The molecule has 3 rings (SSSR count). The van der Waals surface area contributed by atoms with Crippen LogP contribution < -0.4 is 9.21 Å². The Morgan fingerprint density at radius 1 is 1.21 bits per heavy atom. The molecular formula is C21H25ClN2O3S. The van der Waals surface area contributed by atoms with E-state index in [4.69, 9.17) is 11.6 Å². The van der Waals surface area contributed by atoms with Crippen LogP contribution in [0.2, 0.25) is 5.02 Å². The number of benzene rings is 2. The van der Waals surface area contributed by atoms with Crippen molar-refractivity contribution in [3.8, 4) is 0 Å². The van der Waals surface area contributed by atoms with E-state index in [0.29, 0.717) is 22.7 Å². The Kier molecular flexibility index (Phi) is 6.01. The fourth-order valence-corrected chi connectivity index (χ4v) is 4.96. The van der Waals surface area contributed by atoms with Crippen molar-refractivity contribution in [1.29, 1.82) is 0 Å². The SMILES string of the molecule is Cc1c(Cl)cccc1N(CCCC(=O)N1c2ccccc2C[C@H]1C)S(C)(=O)=O. The number of fused-ring (bicyclic) bond motifs is 1. The lowest BCUT2D eigenvalue weighted by atomic mass is 10.1. The minimum absolute atomic E-state index is 0.0220. The Hall–Kier alpha value is -2.05. The molecule has 1 aliphatic rings. The smallest absolute Gasteiger partial charge is 0.232 e. The highest BCUT2D eigenvalue weighted by Gasteiger charge is 2.30. The summed E-state index contributed by atoms with van der Waals surface area (Å²) in [5.74, 6) is 0.0220. The molecule has 1 heterocycles. The highest BCUT2D eigenvalue weighted by atomic mass is 35.5. The lowest BCUT2D eigenvalue weighted by Gasteiger charge is -2.26.